The van der Waals surface area contributed by atoms with Crippen molar-refractivity contribution in [2.45, 2.75) is 51.2 Å². The molecule has 0 bridgehead atoms. The largest absolute Gasteiger partial charge is 0.369 e. The van der Waals surface area contributed by atoms with Crippen molar-refractivity contribution >= 4 is 21.7 Å². The molecule has 0 aromatic carbocycles. The molecule has 1 aromatic rings. The summed E-state index contributed by atoms with van der Waals surface area (Å²) in [6.07, 6.45) is 2.67. The molecular formula is C14H20BrN3O. The van der Waals surface area contributed by atoms with Gasteiger partial charge < -0.3 is 9.64 Å². The second-order valence-corrected chi connectivity index (χ2v) is 7.06. The highest BCUT2D eigenvalue weighted by Gasteiger charge is 2.33. The zero-order chi connectivity index (χ0) is 13.6. The van der Waals surface area contributed by atoms with Gasteiger partial charge >= 0.3 is 0 Å². The highest BCUT2D eigenvalue weighted by atomic mass is 79.9. The van der Waals surface area contributed by atoms with Crippen LogP contribution in [0.25, 0.3) is 0 Å². The van der Waals surface area contributed by atoms with E-state index in [4.69, 9.17) is 9.72 Å². The van der Waals surface area contributed by atoms with E-state index in [0.717, 1.165) is 29.3 Å². The molecule has 104 valence electrons. The maximum Gasteiger partial charge on any atom is 0.135 e. The van der Waals surface area contributed by atoms with Crippen LogP contribution in [-0.4, -0.2) is 34.8 Å². The van der Waals surface area contributed by atoms with Crippen LogP contribution in [0.2, 0.25) is 0 Å². The van der Waals surface area contributed by atoms with Gasteiger partial charge in [0, 0.05) is 25.1 Å². The van der Waals surface area contributed by atoms with E-state index in [0.29, 0.717) is 5.92 Å². The molecule has 0 spiro atoms. The van der Waals surface area contributed by atoms with Gasteiger partial charge in [0.1, 0.15) is 16.2 Å². The Hall–Kier alpha value is -0.680. The molecule has 2 aliphatic rings. The molecule has 19 heavy (non-hydrogen) atoms. The maximum absolute atomic E-state index is 5.95. The van der Waals surface area contributed by atoms with Crippen molar-refractivity contribution in [1.82, 2.24) is 9.97 Å². The van der Waals surface area contributed by atoms with Gasteiger partial charge in [0.2, 0.25) is 0 Å². The third-order valence-electron chi connectivity index (χ3n) is 3.53. The average molecular weight is 326 g/mol. The Labute approximate surface area is 122 Å². The first-order valence-electron chi connectivity index (χ1n) is 6.90. The van der Waals surface area contributed by atoms with E-state index in [-0.39, 0.29) is 11.7 Å². The Balaban J connectivity index is 1.88. The summed E-state index contributed by atoms with van der Waals surface area (Å²) in [6.45, 7) is 8.13. The lowest BCUT2D eigenvalue weighted by molar-refractivity contribution is -0.0751. The highest BCUT2D eigenvalue weighted by Crippen LogP contribution is 2.39. The first-order valence-corrected chi connectivity index (χ1v) is 7.69. The quantitative estimate of drug-likeness (QED) is 0.783. The number of ether oxygens (including phenoxy) is 1. The van der Waals surface area contributed by atoms with Crippen LogP contribution in [0.3, 0.4) is 0 Å². The second-order valence-electron chi connectivity index (χ2n) is 6.25. The van der Waals surface area contributed by atoms with E-state index in [1.807, 2.05) is 6.07 Å². The number of hydrogen-bond acceptors (Lipinski definition) is 4. The van der Waals surface area contributed by atoms with Crippen LogP contribution in [-0.2, 0) is 4.74 Å². The SMILES string of the molecule is CC1CN(c2cc(Br)nc(C3CC3)n2)CC(C)(C)O1. The molecular weight excluding hydrogens is 306 g/mol. The van der Waals surface area contributed by atoms with E-state index in [1.165, 1.54) is 12.8 Å². The zero-order valence-corrected chi connectivity index (χ0v) is 13.3. The number of halogens is 1. The molecule has 0 amide bonds. The number of aromatic nitrogens is 2. The van der Waals surface area contributed by atoms with E-state index in [9.17, 15) is 0 Å². The molecule has 1 aliphatic carbocycles. The fourth-order valence-electron chi connectivity index (χ4n) is 2.74. The number of nitrogens with zero attached hydrogens (tertiary/aromatic N) is 3. The van der Waals surface area contributed by atoms with Crippen LogP contribution in [0, 0.1) is 0 Å². The maximum atomic E-state index is 5.95. The van der Waals surface area contributed by atoms with E-state index in [1.54, 1.807) is 0 Å². The molecule has 1 saturated heterocycles. The van der Waals surface area contributed by atoms with Gasteiger partial charge in [0.05, 0.1) is 11.7 Å². The molecule has 1 unspecified atom stereocenters. The second kappa shape index (κ2) is 4.70. The Kier molecular flexibility index (Phi) is 3.29. The third kappa shape index (κ3) is 3.08. The topological polar surface area (TPSA) is 38.2 Å². The Bertz CT molecular complexity index is 488. The molecule has 3 rings (SSSR count). The van der Waals surface area contributed by atoms with Crippen molar-refractivity contribution in [3.8, 4) is 0 Å². The monoisotopic (exact) mass is 325 g/mol. The lowest BCUT2D eigenvalue weighted by Gasteiger charge is -2.42. The Morgan fingerprint density at radius 2 is 2.11 bits per heavy atom. The predicted octanol–water partition coefficient (Wildman–Crippen LogP) is 3.12. The van der Waals surface area contributed by atoms with Crippen LogP contribution in [0.5, 0.6) is 0 Å². The van der Waals surface area contributed by atoms with Crippen molar-refractivity contribution in [3.63, 3.8) is 0 Å². The predicted molar refractivity (Wildman–Crippen MR) is 78.5 cm³/mol. The van der Waals surface area contributed by atoms with Crippen molar-refractivity contribution in [3.05, 3.63) is 16.5 Å². The molecule has 1 aliphatic heterocycles. The fourth-order valence-corrected chi connectivity index (χ4v) is 3.12. The van der Waals surface area contributed by atoms with Gasteiger partial charge in [-0.15, -0.1) is 0 Å². The van der Waals surface area contributed by atoms with Gasteiger partial charge in [-0.25, -0.2) is 9.97 Å². The fraction of sp³-hybridized carbons (Fsp3) is 0.714. The van der Waals surface area contributed by atoms with Gasteiger partial charge in [0.25, 0.3) is 0 Å². The average Bonchev–Trinajstić information content (AvgIpc) is 3.08. The van der Waals surface area contributed by atoms with Crippen molar-refractivity contribution < 1.29 is 4.74 Å². The molecule has 0 radical (unpaired) electrons. The van der Waals surface area contributed by atoms with Gasteiger partial charge in [-0.3, -0.25) is 0 Å². The first kappa shape index (κ1) is 13.3. The molecule has 1 saturated carbocycles. The van der Waals surface area contributed by atoms with Gasteiger partial charge in [-0.2, -0.15) is 0 Å². The highest BCUT2D eigenvalue weighted by molar-refractivity contribution is 9.10. The summed E-state index contributed by atoms with van der Waals surface area (Å²) in [4.78, 5) is 11.6. The number of anilines is 1. The summed E-state index contributed by atoms with van der Waals surface area (Å²) in [6, 6.07) is 2.01. The molecule has 4 nitrogen and oxygen atoms in total. The minimum Gasteiger partial charge on any atom is -0.369 e. The minimum absolute atomic E-state index is 0.130. The van der Waals surface area contributed by atoms with Crippen molar-refractivity contribution in [2.24, 2.45) is 0 Å². The van der Waals surface area contributed by atoms with E-state index < -0.39 is 0 Å². The molecule has 0 N–H and O–H groups in total. The summed E-state index contributed by atoms with van der Waals surface area (Å²) in [7, 11) is 0. The van der Waals surface area contributed by atoms with Crippen LogP contribution in [0.15, 0.2) is 10.7 Å². The lowest BCUT2D eigenvalue weighted by Crippen LogP contribution is -2.52. The summed E-state index contributed by atoms with van der Waals surface area (Å²) < 4.78 is 6.83. The summed E-state index contributed by atoms with van der Waals surface area (Å²) in [5.41, 5.74) is -0.130. The Morgan fingerprint density at radius 1 is 1.37 bits per heavy atom. The van der Waals surface area contributed by atoms with Gasteiger partial charge in [0.15, 0.2) is 0 Å². The summed E-state index contributed by atoms with van der Waals surface area (Å²) >= 11 is 3.51. The molecule has 2 fully saturated rings. The summed E-state index contributed by atoms with van der Waals surface area (Å²) in [5, 5.41) is 0. The number of rotatable bonds is 2. The molecule has 1 aromatic heterocycles. The number of morpholine rings is 1. The van der Waals surface area contributed by atoms with Gasteiger partial charge in [-0.05, 0) is 49.5 Å². The minimum atomic E-state index is -0.130. The van der Waals surface area contributed by atoms with Crippen molar-refractivity contribution in [2.75, 3.05) is 18.0 Å². The lowest BCUT2D eigenvalue weighted by atomic mass is 10.1. The third-order valence-corrected chi connectivity index (χ3v) is 3.94. The smallest absolute Gasteiger partial charge is 0.135 e. The van der Waals surface area contributed by atoms with E-state index >= 15 is 0 Å². The molecule has 1 atom stereocenters. The standard InChI is InChI=1S/C14H20BrN3O/c1-9-7-18(8-14(2,3)19-9)12-6-11(15)16-13(17-12)10-4-5-10/h6,9-10H,4-5,7-8H2,1-3H3. The van der Waals surface area contributed by atoms with Crippen LogP contribution in [0.4, 0.5) is 5.82 Å². The number of hydrogen-bond donors (Lipinski definition) is 0. The first-order chi connectivity index (χ1) is 8.93. The summed E-state index contributed by atoms with van der Waals surface area (Å²) in [5.74, 6) is 2.58. The van der Waals surface area contributed by atoms with Crippen molar-refractivity contribution in [1.29, 1.82) is 0 Å². The van der Waals surface area contributed by atoms with Crippen LogP contribution < -0.4 is 4.90 Å². The van der Waals surface area contributed by atoms with Crippen LogP contribution >= 0.6 is 15.9 Å². The molecule has 5 heteroatoms. The normalized spacial score (nSPS) is 26.5. The Morgan fingerprint density at radius 3 is 2.74 bits per heavy atom. The van der Waals surface area contributed by atoms with Crippen LogP contribution in [0.1, 0.15) is 45.4 Å². The molecule has 2 heterocycles. The van der Waals surface area contributed by atoms with Gasteiger partial charge in [-0.1, -0.05) is 0 Å². The van der Waals surface area contributed by atoms with E-state index in [2.05, 4.69) is 46.6 Å². The zero-order valence-electron chi connectivity index (χ0n) is 11.7.